The lowest BCUT2D eigenvalue weighted by Gasteiger charge is -2.18. The van der Waals surface area contributed by atoms with Gasteiger partial charge in [0.25, 0.3) is 0 Å². The Labute approximate surface area is 68.0 Å². The summed E-state index contributed by atoms with van der Waals surface area (Å²) in [5.74, 6) is 0. The fraction of sp³-hybridized carbons (Fsp3) is 0.875. The van der Waals surface area contributed by atoms with Crippen molar-refractivity contribution >= 4 is 6.41 Å². The SMILES string of the molecule is CCCCCC(O)N(C)C=O. The molecule has 0 aromatic heterocycles. The number of carbonyl (C=O) groups is 1. The molecule has 0 radical (unpaired) electrons. The van der Waals surface area contributed by atoms with Gasteiger partial charge in [-0.2, -0.15) is 0 Å². The Balaban J connectivity index is 3.35. The average Bonchev–Trinajstić information content (AvgIpc) is 2.03. The molecule has 1 unspecified atom stereocenters. The van der Waals surface area contributed by atoms with Crippen LogP contribution in [0.1, 0.15) is 32.6 Å². The van der Waals surface area contributed by atoms with Crippen molar-refractivity contribution in [2.45, 2.75) is 38.8 Å². The molecule has 0 heterocycles. The van der Waals surface area contributed by atoms with Crippen molar-refractivity contribution in [3.8, 4) is 0 Å². The van der Waals surface area contributed by atoms with Crippen LogP contribution < -0.4 is 0 Å². The quantitative estimate of drug-likeness (QED) is 0.356. The van der Waals surface area contributed by atoms with Gasteiger partial charge in [-0.1, -0.05) is 19.8 Å². The first-order valence-corrected chi connectivity index (χ1v) is 4.07. The first kappa shape index (κ1) is 10.4. The molecule has 0 saturated heterocycles. The van der Waals surface area contributed by atoms with Crippen LogP contribution in [-0.4, -0.2) is 29.7 Å². The molecule has 0 bridgehead atoms. The van der Waals surface area contributed by atoms with E-state index in [1.165, 1.54) is 4.90 Å². The van der Waals surface area contributed by atoms with Crippen LogP contribution in [0, 0.1) is 0 Å². The molecule has 0 aliphatic rings. The largest absolute Gasteiger partial charge is 0.374 e. The summed E-state index contributed by atoms with van der Waals surface area (Å²) in [4.78, 5) is 11.4. The molecule has 3 nitrogen and oxygen atoms in total. The molecular formula is C8H17NO2. The highest BCUT2D eigenvalue weighted by atomic mass is 16.3. The Morgan fingerprint density at radius 1 is 1.55 bits per heavy atom. The van der Waals surface area contributed by atoms with Gasteiger partial charge in [-0.15, -0.1) is 0 Å². The fourth-order valence-corrected chi connectivity index (χ4v) is 0.851. The Bertz CT molecular complexity index is 106. The van der Waals surface area contributed by atoms with E-state index in [4.69, 9.17) is 0 Å². The maximum Gasteiger partial charge on any atom is 0.211 e. The van der Waals surface area contributed by atoms with Crippen molar-refractivity contribution in [1.29, 1.82) is 0 Å². The predicted molar refractivity (Wildman–Crippen MR) is 44.0 cm³/mol. The van der Waals surface area contributed by atoms with E-state index < -0.39 is 6.23 Å². The van der Waals surface area contributed by atoms with E-state index in [-0.39, 0.29) is 0 Å². The highest BCUT2D eigenvalue weighted by Crippen LogP contribution is 2.04. The average molecular weight is 159 g/mol. The predicted octanol–water partition coefficient (Wildman–Crippen LogP) is 0.973. The van der Waals surface area contributed by atoms with Crippen LogP contribution in [0.3, 0.4) is 0 Å². The molecule has 0 saturated carbocycles. The third-order valence-electron chi connectivity index (χ3n) is 1.70. The number of hydrogen-bond donors (Lipinski definition) is 1. The second-order valence-corrected chi connectivity index (χ2v) is 2.75. The zero-order chi connectivity index (χ0) is 8.69. The molecule has 0 fully saturated rings. The summed E-state index contributed by atoms with van der Waals surface area (Å²) >= 11 is 0. The maximum absolute atomic E-state index is 10.1. The minimum Gasteiger partial charge on any atom is -0.374 e. The van der Waals surface area contributed by atoms with Crippen LogP contribution in [0.15, 0.2) is 0 Å². The zero-order valence-electron chi connectivity index (χ0n) is 7.29. The second kappa shape index (κ2) is 6.16. The van der Waals surface area contributed by atoms with Gasteiger partial charge in [0.15, 0.2) is 0 Å². The van der Waals surface area contributed by atoms with Crippen LogP contribution in [-0.2, 0) is 4.79 Å². The molecule has 0 aromatic carbocycles. The smallest absolute Gasteiger partial charge is 0.211 e. The van der Waals surface area contributed by atoms with Gasteiger partial charge in [-0.25, -0.2) is 0 Å². The standard InChI is InChI=1S/C8H17NO2/c1-3-4-5-6-8(11)9(2)7-10/h7-8,11H,3-6H2,1-2H3. The second-order valence-electron chi connectivity index (χ2n) is 2.75. The summed E-state index contributed by atoms with van der Waals surface area (Å²) in [6.07, 6.45) is 3.97. The summed E-state index contributed by atoms with van der Waals surface area (Å²) < 4.78 is 0. The minimum atomic E-state index is -0.598. The van der Waals surface area contributed by atoms with E-state index in [2.05, 4.69) is 6.92 Å². The van der Waals surface area contributed by atoms with Crippen molar-refractivity contribution in [2.24, 2.45) is 0 Å². The minimum absolute atomic E-state index is 0.598. The summed E-state index contributed by atoms with van der Waals surface area (Å²) in [6, 6.07) is 0. The molecule has 0 aliphatic heterocycles. The third-order valence-corrected chi connectivity index (χ3v) is 1.70. The number of rotatable bonds is 6. The molecular weight excluding hydrogens is 142 g/mol. The van der Waals surface area contributed by atoms with Gasteiger partial charge in [0.05, 0.1) is 0 Å². The number of carbonyl (C=O) groups excluding carboxylic acids is 1. The lowest BCUT2D eigenvalue weighted by atomic mass is 10.2. The number of aliphatic hydroxyl groups excluding tert-OH is 1. The topological polar surface area (TPSA) is 40.5 Å². The highest BCUT2D eigenvalue weighted by Gasteiger charge is 2.06. The van der Waals surface area contributed by atoms with Crippen LogP contribution in [0.4, 0.5) is 0 Å². The van der Waals surface area contributed by atoms with Gasteiger partial charge in [-0.05, 0) is 12.8 Å². The number of hydrogen-bond acceptors (Lipinski definition) is 2. The Morgan fingerprint density at radius 2 is 2.18 bits per heavy atom. The third kappa shape index (κ3) is 4.79. The highest BCUT2D eigenvalue weighted by molar-refractivity contribution is 5.46. The molecule has 1 atom stereocenters. The van der Waals surface area contributed by atoms with Crippen LogP contribution >= 0.6 is 0 Å². The van der Waals surface area contributed by atoms with E-state index in [0.717, 1.165) is 19.3 Å². The van der Waals surface area contributed by atoms with Gasteiger partial charge >= 0.3 is 0 Å². The molecule has 0 spiro atoms. The Kier molecular flexibility index (Phi) is 5.84. The molecule has 1 N–H and O–H groups in total. The first-order chi connectivity index (χ1) is 5.22. The Hall–Kier alpha value is -0.570. The van der Waals surface area contributed by atoms with Gasteiger partial charge in [0.2, 0.25) is 6.41 Å². The van der Waals surface area contributed by atoms with Crippen molar-refractivity contribution in [3.05, 3.63) is 0 Å². The monoisotopic (exact) mass is 159 g/mol. The molecule has 0 aromatic rings. The first-order valence-electron chi connectivity index (χ1n) is 4.07. The summed E-state index contributed by atoms with van der Waals surface area (Å²) in [5.41, 5.74) is 0. The normalized spacial score (nSPS) is 12.6. The fourth-order valence-electron chi connectivity index (χ4n) is 0.851. The van der Waals surface area contributed by atoms with E-state index in [0.29, 0.717) is 12.8 Å². The van der Waals surface area contributed by atoms with E-state index in [1.54, 1.807) is 7.05 Å². The zero-order valence-corrected chi connectivity index (χ0v) is 7.29. The van der Waals surface area contributed by atoms with Crippen molar-refractivity contribution in [1.82, 2.24) is 4.90 Å². The van der Waals surface area contributed by atoms with Gasteiger partial charge in [0, 0.05) is 7.05 Å². The number of nitrogens with zero attached hydrogens (tertiary/aromatic N) is 1. The molecule has 3 heteroatoms. The van der Waals surface area contributed by atoms with E-state index in [1.807, 2.05) is 0 Å². The van der Waals surface area contributed by atoms with Crippen LogP contribution in [0.25, 0.3) is 0 Å². The van der Waals surface area contributed by atoms with Gasteiger partial charge in [-0.3, -0.25) is 4.79 Å². The Morgan fingerprint density at radius 3 is 2.64 bits per heavy atom. The van der Waals surface area contributed by atoms with Crippen molar-refractivity contribution < 1.29 is 9.90 Å². The number of aliphatic hydroxyl groups is 1. The van der Waals surface area contributed by atoms with E-state index >= 15 is 0 Å². The van der Waals surface area contributed by atoms with Crippen LogP contribution in [0.5, 0.6) is 0 Å². The molecule has 0 rings (SSSR count). The summed E-state index contributed by atoms with van der Waals surface area (Å²) in [6.45, 7) is 2.11. The number of amides is 1. The van der Waals surface area contributed by atoms with Crippen LogP contribution in [0.2, 0.25) is 0 Å². The van der Waals surface area contributed by atoms with Crippen molar-refractivity contribution in [3.63, 3.8) is 0 Å². The maximum atomic E-state index is 10.1. The molecule has 66 valence electrons. The summed E-state index contributed by atoms with van der Waals surface area (Å²) in [7, 11) is 1.59. The van der Waals surface area contributed by atoms with Gasteiger partial charge in [0.1, 0.15) is 6.23 Å². The molecule has 0 aliphatic carbocycles. The van der Waals surface area contributed by atoms with Gasteiger partial charge < -0.3 is 10.0 Å². The lowest BCUT2D eigenvalue weighted by molar-refractivity contribution is -0.125. The molecule has 1 amide bonds. The van der Waals surface area contributed by atoms with Crippen molar-refractivity contribution in [2.75, 3.05) is 7.05 Å². The molecule has 11 heavy (non-hydrogen) atoms. The number of unbranched alkanes of at least 4 members (excludes halogenated alkanes) is 2. The lowest BCUT2D eigenvalue weighted by Crippen LogP contribution is -2.29. The van der Waals surface area contributed by atoms with E-state index in [9.17, 15) is 9.90 Å². The summed E-state index contributed by atoms with van der Waals surface area (Å²) in [5, 5.41) is 9.24.